The topological polar surface area (TPSA) is 29.1 Å². The standard InChI is InChI=1S/C16H16BrNOS/c1-11-5-3-4-6-14(11)18-16(19)10-20-15-8-7-13(17)9-12(15)2/h3-9H,10H2,1-2H3,(H,18,19). The number of hydrogen-bond donors (Lipinski definition) is 1. The van der Waals surface area contributed by atoms with Crippen molar-refractivity contribution in [3.63, 3.8) is 0 Å². The molecular weight excluding hydrogens is 334 g/mol. The Hall–Kier alpha value is -1.26. The Labute approximate surface area is 132 Å². The van der Waals surface area contributed by atoms with E-state index in [0.29, 0.717) is 5.75 Å². The molecule has 0 radical (unpaired) electrons. The molecule has 0 saturated heterocycles. The van der Waals surface area contributed by atoms with E-state index in [-0.39, 0.29) is 5.91 Å². The summed E-state index contributed by atoms with van der Waals surface area (Å²) in [5.41, 5.74) is 3.13. The number of aryl methyl sites for hydroxylation is 2. The highest BCUT2D eigenvalue weighted by Crippen LogP contribution is 2.25. The highest BCUT2D eigenvalue weighted by molar-refractivity contribution is 9.10. The molecule has 0 aliphatic carbocycles. The van der Waals surface area contributed by atoms with Crippen molar-refractivity contribution in [2.24, 2.45) is 0 Å². The van der Waals surface area contributed by atoms with Gasteiger partial charge in [0.2, 0.25) is 5.91 Å². The number of carbonyl (C=O) groups is 1. The van der Waals surface area contributed by atoms with E-state index < -0.39 is 0 Å². The first-order valence-electron chi connectivity index (χ1n) is 6.30. The molecular formula is C16H16BrNOS. The third-order valence-corrected chi connectivity index (χ3v) is 4.58. The average Bonchev–Trinajstić information content (AvgIpc) is 2.40. The van der Waals surface area contributed by atoms with Gasteiger partial charge in [0, 0.05) is 15.1 Å². The summed E-state index contributed by atoms with van der Waals surface area (Å²) in [6, 6.07) is 13.9. The zero-order chi connectivity index (χ0) is 14.5. The Morgan fingerprint density at radius 3 is 2.60 bits per heavy atom. The molecule has 0 spiro atoms. The minimum absolute atomic E-state index is 0.0200. The molecule has 2 rings (SSSR count). The van der Waals surface area contributed by atoms with Crippen LogP contribution in [0.4, 0.5) is 5.69 Å². The van der Waals surface area contributed by atoms with E-state index in [1.54, 1.807) is 11.8 Å². The van der Waals surface area contributed by atoms with E-state index in [1.807, 2.05) is 50.2 Å². The molecule has 0 unspecified atom stereocenters. The van der Waals surface area contributed by atoms with Gasteiger partial charge in [0.25, 0.3) is 0 Å². The second-order valence-electron chi connectivity index (χ2n) is 4.56. The van der Waals surface area contributed by atoms with E-state index in [1.165, 1.54) is 5.56 Å². The van der Waals surface area contributed by atoms with Gasteiger partial charge in [-0.05, 0) is 49.2 Å². The van der Waals surface area contributed by atoms with Gasteiger partial charge >= 0.3 is 0 Å². The SMILES string of the molecule is Cc1ccccc1NC(=O)CSc1ccc(Br)cc1C. The third kappa shape index (κ3) is 4.12. The van der Waals surface area contributed by atoms with Crippen LogP contribution in [0.15, 0.2) is 51.8 Å². The first-order chi connectivity index (χ1) is 9.56. The van der Waals surface area contributed by atoms with Crippen molar-refractivity contribution in [2.75, 3.05) is 11.1 Å². The van der Waals surface area contributed by atoms with Crippen LogP contribution in [-0.2, 0) is 4.79 Å². The second kappa shape index (κ2) is 6.95. The zero-order valence-electron chi connectivity index (χ0n) is 11.4. The maximum atomic E-state index is 12.0. The van der Waals surface area contributed by atoms with E-state index in [0.717, 1.165) is 20.6 Å². The van der Waals surface area contributed by atoms with Crippen molar-refractivity contribution in [2.45, 2.75) is 18.7 Å². The van der Waals surface area contributed by atoms with Gasteiger partial charge in [-0.3, -0.25) is 4.79 Å². The Balaban J connectivity index is 1.94. The predicted octanol–water partition coefficient (Wildman–Crippen LogP) is 4.80. The number of benzene rings is 2. The number of halogens is 1. The first kappa shape index (κ1) is 15.1. The largest absolute Gasteiger partial charge is 0.325 e. The summed E-state index contributed by atoms with van der Waals surface area (Å²) in [7, 11) is 0. The van der Waals surface area contributed by atoms with E-state index >= 15 is 0 Å². The smallest absolute Gasteiger partial charge is 0.234 e. The first-order valence-corrected chi connectivity index (χ1v) is 8.08. The molecule has 2 nitrogen and oxygen atoms in total. The van der Waals surface area contributed by atoms with Crippen LogP contribution in [0.3, 0.4) is 0 Å². The van der Waals surface area contributed by atoms with Crippen LogP contribution in [0.1, 0.15) is 11.1 Å². The molecule has 4 heteroatoms. The number of anilines is 1. The van der Waals surface area contributed by atoms with E-state index in [2.05, 4.69) is 27.3 Å². The molecule has 0 bridgehead atoms. The summed E-state index contributed by atoms with van der Waals surface area (Å²) < 4.78 is 1.06. The van der Waals surface area contributed by atoms with Gasteiger partial charge in [0.1, 0.15) is 0 Å². The van der Waals surface area contributed by atoms with Crippen molar-refractivity contribution in [1.82, 2.24) is 0 Å². The molecule has 0 aliphatic rings. The van der Waals surface area contributed by atoms with Gasteiger partial charge in [-0.15, -0.1) is 11.8 Å². The number of hydrogen-bond acceptors (Lipinski definition) is 2. The number of rotatable bonds is 4. The van der Waals surface area contributed by atoms with Crippen molar-refractivity contribution >= 4 is 39.3 Å². The Kier molecular flexibility index (Phi) is 5.26. The number of nitrogens with one attached hydrogen (secondary N) is 1. The van der Waals surface area contributed by atoms with Gasteiger partial charge in [0.05, 0.1) is 5.75 Å². The molecule has 2 aromatic rings. The summed E-state index contributed by atoms with van der Waals surface area (Å²) in [5, 5.41) is 2.94. The highest BCUT2D eigenvalue weighted by Gasteiger charge is 2.07. The maximum Gasteiger partial charge on any atom is 0.234 e. The number of thioether (sulfide) groups is 1. The summed E-state index contributed by atoms with van der Waals surface area (Å²) in [6.07, 6.45) is 0. The molecule has 2 aromatic carbocycles. The molecule has 1 N–H and O–H groups in total. The Morgan fingerprint density at radius 1 is 1.15 bits per heavy atom. The minimum Gasteiger partial charge on any atom is -0.325 e. The van der Waals surface area contributed by atoms with E-state index in [9.17, 15) is 4.79 Å². The molecule has 0 aliphatic heterocycles. The van der Waals surface area contributed by atoms with Crippen LogP contribution in [0.5, 0.6) is 0 Å². The zero-order valence-corrected chi connectivity index (χ0v) is 13.8. The van der Waals surface area contributed by atoms with Crippen molar-refractivity contribution in [3.8, 4) is 0 Å². The predicted molar refractivity (Wildman–Crippen MR) is 89.4 cm³/mol. The van der Waals surface area contributed by atoms with Crippen LogP contribution in [0.2, 0.25) is 0 Å². The number of para-hydroxylation sites is 1. The van der Waals surface area contributed by atoms with Gasteiger partial charge in [0.15, 0.2) is 0 Å². The lowest BCUT2D eigenvalue weighted by molar-refractivity contribution is -0.113. The molecule has 1 amide bonds. The van der Waals surface area contributed by atoms with Crippen LogP contribution in [0, 0.1) is 13.8 Å². The second-order valence-corrected chi connectivity index (χ2v) is 6.49. The lowest BCUT2D eigenvalue weighted by Gasteiger charge is -2.09. The highest BCUT2D eigenvalue weighted by atomic mass is 79.9. The normalized spacial score (nSPS) is 10.3. The summed E-state index contributed by atoms with van der Waals surface area (Å²) in [4.78, 5) is 13.1. The molecule has 104 valence electrons. The van der Waals surface area contributed by atoms with E-state index in [4.69, 9.17) is 0 Å². The average molecular weight is 350 g/mol. The van der Waals surface area contributed by atoms with Crippen molar-refractivity contribution in [3.05, 3.63) is 58.1 Å². The fraction of sp³-hybridized carbons (Fsp3) is 0.188. The quantitative estimate of drug-likeness (QED) is 0.803. The van der Waals surface area contributed by atoms with Gasteiger partial charge < -0.3 is 5.32 Å². The van der Waals surface area contributed by atoms with Gasteiger partial charge in [-0.25, -0.2) is 0 Å². The lowest BCUT2D eigenvalue weighted by atomic mass is 10.2. The van der Waals surface area contributed by atoms with Gasteiger partial charge in [-0.1, -0.05) is 34.1 Å². The van der Waals surface area contributed by atoms with Gasteiger partial charge in [-0.2, -0.15) is 0 Å². The fourth-order valence-electron chi connectivity index (χ4n) is 1.82. The molecule has 0 heterocycles. The minimum atomic E-state index is 0.0200. The molecule has 0 saturated carbocycles. The Morgan fingerprint density at radius 2 is 1.90 bits per heavy atom. The monoisotopic (exact) mass is 349 g/mol. The van der Waals surface area contributed by atoms with Crippen LogP contribution >= 0.6 is 27.7 Å². The molecule has 0 atom stereocenters. The van der Waals surface area contributed by atoms with Crippen LogP contribution < -0.4 is 5.32 Å². The maximum absolute atomic E-state index is 12.0. The Bertz CT molecular complexity index is 628. The third-order valence-electron chi connectivity index (χ3n) is 2.91. The van der Waals surface area contributed by atoms with Crippen LogP contribution in [0.25, 0.3) is 0 Å². The van der Waals surface area contributed by atoms with Crippen LogP contribution in [-0.4, -0.2) is 11.7 Å². The molecule has 0 fully saturated rings. The van der Waals surface area contributed by atoms with Crippen molar-refractivity contribution < 1.29 is 4.79 Å². The number of amides is 1. The molecule has 0 aromatic heterocycles. The molecule has 20 heavy (non-hydrogen) atoms. The summed E-state index contributed by atoms with van der Waals surface area (Å²) >= 11 is 5.00. The lowest BCUT2D eigenvalue weighted by Crippen LogP contribution is -2.14. The fourth-order valence-corrected chi connectivity index (χ4v) is 3.10. The summed E-state index contributed by atoms with van der Waals surface area (Å²) in [6.45, 7) is 4.04. The number of carbonyl (C=O) groups excluding carboxylic acids is 1. The summed E-state index contributed by atoms with van der Waals surface area (Å²) in [5.74, 6) is 0.434. The van der Waals surface area contributed by atoms with Crippen molar-refractivity contribution in [1.29, 1.82) is 0 Å².